The Morgan fingerprint density at radius 2 is 2.11 bits per heavy atom. The number of hydrogen-bond donors (Lipinski definition) is 0. The summed E-state index contributed by atoms with van der Waals surface area (Å²) in [5.74, 6) is 1.42. The lowest BCUT2D eigenvalue weighted by molar-refractivity contribution is -0.119. The van der Waals surface area contributed by atoms with Crippen LogP contribution in [-0.4, -0.2) is 25.8 Å². The van der Waals surface area contributed by atoms with Crippen molar-refractivity contribution in [3.8, 4) is 11.5 Å². The Morgan fingerprint density at radius 3 is 2.74 bits per heavy atom. The van der Waals surface area contributed by atoms with Crippen molar-refractivity contribution in [3.05, 3.63) is 23.8 Å². The first-order valence-corrected chi connectivity index (χ1v) is 6.49. The number of hydrogen-bond acceptors (Lipinski definition) is 4. The average molecular weight is 264 g/mol. The lowest BCUT2D eigenvalue weighted by atomic mass is 10.1. The third-order valence-corrected chi connectivity index (χ3v) is 2.73. The number of ketones is 1. The molecule has 0 aliphatic heterocycles. The van der Waals surface area contributed by atoms with Crippen molar-refractivity contribution in [2.45, 2.75) is 32.6 Å². The van der Waals surface area contributed by atoms with E-state index in [0.29, 0.717) is 42.9 Å². The second-order valence-electron chi connectivity index (χ2n) is 4.26. The number of ether oxygens (including phenoxy) is 2. The molecule has 0 aliphatic rings. The van der Waals surface area contributed by atoms with E-state index >= 15 is 0 Å². The molecule has 0 atom stereocenters. The summed E-state index contributed by atoms with van der Waals surface area (Å²) in [6.07, 6.45) is 3.53. The maximum absolute atomic E-state index is 11.3. The summed E-state index contributed by atoms with van der Waals surface area (Å²) >= 11 is 0. The molecule has 1 rings (SSSR count). The zero-order chi connectivity index (χ0) is 14.1. The first-order valence-electron chi connectivity index (χ1n) is 6.49. The number of aldehydes is 1. The third kappa shape index (κ3) is 5.12. The van der Waals surface area contributed by atoms with Gasteiger partial charge < -0.3 is 9.47 Å². The Morgan fingerprint density at radius 1 is 1.32 bits per heavy atom. The lowest BCUT2D eigenvalue weighted by Crippen LogP contribution is -2.03. The van der Waals surface area contributed by atoms with Crippen LogP contribution in [-0.2, 0) is 4.79 Å². The largest absolute Gasteiger partial charge is 0.496 e. The van der Waals surface area contributed by atoms with E-state index in [1.165, 1.54) is 7.11 Å². The highest BCUT2D eigenvalue weighted by Crippen LogP contribution is 2.23. The standard InChI is InChI=1S/C15H20O4/c1-3-5-13(17)6-4-9-19-14-8-7-12(11-16)15(10-14)18-2/h7-8,10-11H,3-6,9H2,1-2H3. The van der Waals surface area contributed by atoms with Crippen LogP contribution in [0.3, 0.4) is 0 Å². The Balaban J connectivity index is 2.41. The fourth-order valence-electron chi connectivity index (χ4n) is 1.74. The van der Waals surface area contributed by atoms with E-state index in [1.54, 1.807) is 18.2 Å². The van der Waals surface area contributed by atoms with E-state index in [-0.39, 0.29) is 5.78 Å². The van der Waals surface area contributed by atoms with E-state index in [4.69, 9.17) is 9.47 Å². The number of carbonyl (C=O) groups is 2. The third-order valence-electron chi connectivity index (χ3n) is 2.73. The van der Waals surface area contributed by atoms with Crippen molar-refractivity contribution in [2.75, 3.05) is 13.7 Å². The summed E-state index contributed by atoms with van der Waals surface area (Å²) in [5.41, 5.74) is 0.493. The topological polar surface area (TPSA) is 52.6 Å². The smallest absolute Gasteiger partial charge is 0.153 e. The number of carbonyl (C=O) groups excluding carboxylic acids is 2. The summed E-state index contributed by atoms with van der Waals surface area (Å²) in [6, 6.07) is 5.06. The number of Topliss-reactive ketones (excluding diaryl/α,β-unsaturated/α-hetero) is 1. The van der Waals surface area contributed by atoms with Gasteiger partial charge in [0.1, 0.15) is 17.3 Å². The van der Waals surface area contributed by atoms with Crippen LogP contribution in [0.2, 0.25) is 0 Å². The highest BCUT2D eigenvalue weighted by molar-refractivity contribution is 5.79. The molecule has 0 amide bonds. The Kier molecular flexibility index (Phi) is 6.64. The maximum atomic E-state index is 11.3. The van der Waals surface area contributed by atoms with E-state index in [9.17, 15) is 9.59 Å². The van der Waals surface area contributed by atoms with Gasteiger partial charge in [-0.1, -0.05) is 6.92 Å². The number of rotatable bonds is 9. The molecule has 1 aromatic rings. The summed E-state index contributed by atoms with van der Waals surface area (Å²) in [5, 5.41) is 0. The molecular formula is C15H20O4. The minimum atomic E-state index is 0.278. The SMILES string of the molecule is CCCC(=O)CCCOc1ccc(C=O)c(OC)c1. The molecule has 0 unspecified atom stereocenters. The maximum Gasteiger partial charge on any atom is 0.153 e. The zero-order valence-electron chi connectivity index (χ0n) is 11.5. The monoisotopic (exact) mass is 264 g/mol. The highest BCUT2D eigenvalue weighted by atomic mass is 16.5. The molecule has 4 heteroatoms. The van der Waals surface area contributed by atoms with Crippen molar-refractivity contribution < 1.29 is 19.1 Å². The van der Waals surface area contributed by atoms with Crippen LogP contribution in [0.15, 0.2) is 18.2 Å². The van der Waals surface area contributed by atoms with Gasteiger partial charge in [-0.05, 0) is 25.0 Å². The van der Waals surface area contributed by atoms with Gasteiger partial charge in [-0.2, -0.15) is 0 Å². The predicted molar refractivity (Wildman–Crippen MR) is 73.0 cm³/mol. The predicted octanol–water partition coefficient (Wildman–Crippen LogP) is 3.04. The Bertz CT molecular complexity index is 426. The summed E-state index contributed by atoms with van der Waals surface area (Å²) in [7, 11) is 1.51. The molecule has 0 aliphatic carbocycles. The molecule has 0 saturated carbocycles. The minimum absolute atomic E-state index is 0.278. The van der Waals surface area contributed by atoms with Crippen molar-refractivity contribution in [3.63, 3.8) is 0 Å². The highest BCUT2D eigenvalue weighted by Gasteiger charge is 2.05. The summed E-state index contributed by atoms with van der Waals surface area (Å²) < 4.78 is 10.6. The number of methoxy groups -OCH3 is 1. The van der Waals surface area contributed by atoms with E-state index < -0.39 is 0 Å². The Hall–Kier alpha value is -1.84. The fraction of sp³-hybridized carbons (Fsp3) is 0.467. The van der Waals surface area contributed by atoms with Crippen molar-refractivity contribution >= 4 is 12.1 Å². The van der Waals surface area contributed by atoms with Crippen LogP contribution in [0.5, 0.6) is 11.5 Å². The van der Waals surface area contributed by atoms with E-state index in [1.807, 2.05) is 6.92 Å². The van der Waals surface area contributed by atoms with Gasteiger partial charge in [0.25, 0.3) is 0 Å². The molecule has 19 heavy (non-hydrogen) atoms. The van der Waals surface area contributed by atoms with Gasteiger partial charge in [0.2, 0.25) is 0 Å². The summed E-state index contributed by atoms with van der Waals surface area (Å²) in [4.78, 5) is 22.1. The second kappa shape index (κ2) is 8.29. The first-order chi connectivity index (χ1) is 9.21. The van der Waals surface area contributed by atoms with Crippen LogP contribution in [0, 0.1) is 0 Å². The fourth-order valence-corrected chi connectivity index (χ4v) is 1.74. The van der Waals surface area contributed by atoms with Crippen LogP contribution in [0.25, 0.3) is 0 Å². The van der Waals surface area contributed by atoms with Crippen molar-refractivity contribution in [2.24, 2.45) is 0 Å². The molecule has 4 nitrogen and oxygen atoms in total. The molecule has 0 spiro atoms. The molecule has 0 heterocycles. The molecule has 0 radical (unpaired) electrons. The molecular weight excluding hydrogens is 244 g/mol. The van der Waals surface area contributed by atoms with E-state index in [0.717, 1.165) is 12.7 Å². The zero-order valence-corrected chi connectivity index (χ0v) is 11.5. The summed E-state index contributed by atoms with van der Waals surface area (Å²) in [6.45, 7) is 2.48. The molecule has 0 saturated heterocycles. The quantitative estimate of drug-likeness (QED) is 0.508. The van der Waals surface area contributed by atoms with Gasteiger partial charge >= 0.3 is 0 Å². The van der Waals surface area contributed by atoms with Gasteiger partial charge in [0.15, 0.2) is 6.29 Å². The second-order valence-corrected chi connectivity index (χ2v) is 4.26. The van der Waals surface area contributed by atoms with Gasteiger partial charge in [0.05, 0.1) is 19.3 Å². The van der Waals surface area contributed by atoms with Gasteiger partial charge in [0, 0.05) is 18.9 Å². The minimum Gasteiger partial charge on any atom is -0.496 e. The molecule has 1 aromatic carbocycles. The molecule has 0 aromatic heterocycles. The van der Waals surface area contributed by atoms with Gasteiger partial charge in [-0.3, -0.25) is 9.59 Å². The van der Waals surface area contributed by atoms with E-state index in [2.05, 4.69) is 0 Å². The van der Waals surface area contributed by atoms with Crippen LogP contribution in [0.4, 0.5) is 0 Å². The molecule has 0 N–H and O–H groups in total. The lowest BCUT2D eigenvalue weighted by Gasteiger charge is -2.09. The van der Waals surface area contributed by atoms with Crippen LogP contribution >= 0.6 is 0 Å². The van der Waals surface area contributed by atoms with Crippen LogP contribution in [0.1, 0.15) is 43.0 Å². The van der Waals surface area contributed by atoms with Crippen LogP contribution < -0.4 is 9.47 Å². The molecule has 104 valence electrons. The van der Waals surface area contributed by atoms with Gasteiger partial charge in [-0.25, -0.2) is 0 Å². The molecule has 0 bridgehead atoms. The van der Waals surface area contributed by atoms with Gasteiger partial charge in [-0.15, -0.1) is 0 Å². The molecule has 0 fully saturated rings. The number of benzene rings is 1. The van der Waals surface area contributed by atoms with Crippen molar-refractivity contribution in [1.29, 1.82) is 0 Å². The Labute approximate surface area is 113 Å². The average Bonchev–Trinajstić information content (AvgIpc) is 2.43. The first kappa shape index (κ1) is 15.2. The normalized spacial score (nSPS) is 10.0. The van der Waals surface area contributed by atoms with Crippen molar-refractivity contribution in [1.82, 2.24) is 0 Å².